The van der Waals surface area contributed by atoms with Gasteiger partial charge in [-0.25, -0.2) is 4.98 Å². The van der Waals surface area contributed by atoms with Gasteiger partial charge in [-0.1, -0.05) is 140 Å². The van der Waals surface area contributed by atoms with Crippen molar-refractivity contribution in [2.75, 3.05) is 4.90 Å². The normalized spacial score (nSPS) is 11.3. The Morgan fingerprint density at radius 3 is 1.49 bits per heavy atom. The molecule has 0 aliphatic carbocycles. The Bertz CT molecular complexity index is 2590. The van der Waals surface area contributed by atoms with Crippen LogP contribution in [-0.4, -0.2) is 4.98 Å². The van der Waals surface area contributed by atoms with Gasteiger partial charge in [0.2, 0.25) is 0 Å². The fourth-order valence-corrected chi connectivity index (χ4v) is 6.88. The largest absolute Gasteiger partial charge is 0.310 e. The van der Waals surface area contributed by atoms with E-state index in [4.69, 9.17) is 4.98 Å². The van der Waals surface area contributed by atoms with Crippen molar-refractivity contribution in [2.45, 2.75) is 0 Å². The number of fused-ring (bicyclic) bond motifs is 3. The Labute approximate surface area is 286 Å². The molecule has 230 valence electrons. The van der Waals surface area contributed by atoms with Crippen LogP contribution in [0.25, 0.3) is 66.0 Å². The molecule has 9 rings (SSSR count). The molecule has 0 aliphatic heterocycles. The van der Waals surface area contributed by atoms with Crippen molar-refractivity contribution in [1.29, 1.82) is 0 Å². The van der Waals surface area contributed by atoms with E-state index in [1.807, 2.05) is 0 Å². The van der Waals surface area contributed by atoms with Crippen molar-refractivity contribution in [3.8, 4) is 33.5 Å². The summed E-state index contributed by atoms with van der Waals surface area (Å²) in [6.45, 7) is 0. The molecule has 0 atom stereocenters. The van der Waals surface area contributed by atoms with Gasteiger partial charge in [-0.3, -0.25) is 0 Å². The van der Waals surface area contributed by atoms with Gasteiger partial charge in [0, 0.05) is 33.6 Å². The molecule has 1 heterocycles. The molecule has 0 saturated carbocycles. The number of benzene rings is 8. The van der Waals surface area contributed by atoms with Crippen molar-refractivity contribution in [2.24, 2.45) is 0 Å². The predicted octanol–water partition coefficient (Wildman–Crippen LogP) is 13.0. The highest BCUT2D eigenvalue weighted by Crippen LogP contribution is 2.40. The number of nitrogens with zero attached hydrogens (tertiary/aromatic N) is 2. The SMILES string of the molecule is c1ccc(-c2ccc(N(c3ccc(-c4nc5ccccc5cc4-c4ccc5ccccc5c4)cc3)c3ccc4ccccc4c3)cc2)cc1. The summed E-state index contributed by atoms with van der Waals surface area (Å²) in [4.78, 5) is 7.59. The number of rotatable bonds is 6. The molecular weight excluding hydrogens is 593 g/mol. The van der Waals surface area contributed by atoms with Crippen LogP contribution in [0.5, 0.6) is 0 Å². The molecule has 9 aromatic rings. The standard InChI is InChI=1S/C47H32N2/c1-2-10-33(11-3-1)36-20-25-42(26-21-36)49(44-29-22-35-13-5-7-15-39(35)31-44)43-27-23-37(24-28-43)47-45(32-41-16-8-9-17-46(41)48-47)40-19-18-34-12-4-6-14-38(34)30-40/h1-32H. The molecule has 0 saturated heterocycles. The monoisotopic (exact) mass is 624 g/mol. The number of aromatic nitrogens is 1. The van der Waals surface area contributed by atoms with E-state index in [0.29, 0.717) is 0 Å². The number of hydrogen-bond acceptors (Lipinski definition) is 2. The van der Waals surface area contributed by atoms with Crippen molar-refractivity contribution >= 4 is 49.5 Å². The predicted molar refractivity (Wildman–Crippen MR) is 208 cm³/mol. The lowest BCUT2D eigenvalue weighted by Crippen LogP contribution is -2.10. The van der Waals surface area contributed by atoms with Crippen LogP contribution in [-0.2, 0) is 0 Å². The minimum Gasteiger partial charge on any atom is -0.310 e. The first-order chi connectivity index (χ1) is 24.3. The van der Waals surface area contributed by atoms with E-state index in [1.165, 1.54) is 32.7 Å². The van der Waals surface area contributed by atoms with Gasteiger partial charge in [0.25, 0.3) is 0 Å². The quantitative estimate of drug-likeness (QED) is 0.183. The number of pyridine rings is 1. The number of hydrogen-bond donors (Lipinski definition) is 0. The summed E-state index contributed by atoms with van der Waals surface area (Å²) in [6, 6.07) is 69.4. The summed E-state index contributed by atoms with van der Waals surface area (Å²) in [5.74, 6) is 0. The maximum absolute atomic E-state index is 5.25. The molecule has 0 fully saturated rings. The maximum atomic E-state index is 5.25. The Kier molecular flexibility index (Phi) is 7.18. The number of para-hydroxylation sites is 1. The third-order valence-corrected chi connectivity index (χ3v) is 9.41. The van der Waals surface area contributed by atoms with Crippen LogP contribution in [0.2, 0.25) is 0 Å². The Morgan fingerprint density at radius 1 is 0.306 bits per heavy atom. The van der Waals surface area contributed by atoms with Crippen LogP contribution >= 0.6 is 0 Å². The second-order valence-corrected chi connectivity index (χ2v) is 12.5. The van der Waals surface area contributed by atoms with Gasteiger partial charge >= 0.3 is 0 Å². The van der Waals surface area contributed by atoms with Gasteiger partial charge in [-0.15, -0.1) is 0 Å². The molecule has 0 unspecified atom stereocenters. The third kappa shape index (κ3) is 5.50. The Balaban J connectivity index is 1.16. The lowest BCUT2D eigenvalue weighted by Gasteiger charge is -2.26. The molecule has 0 bridgehead atoms. The summed E-state index contributed by atoms with van der Waals surface area (Å²) in [5, 5.41) is 6.02. The van der Waals surface area contributed by atoms with Crippen LogP contribution in [0, 0.1) is 0 Å². The summed E-state index contributed by atoms with van der Waals surface area (Å²) >= 11 is 0. The van der Waals surface area contributed by atoms with E-state index >= 15 is 0 Å². The molecule has 0 N–H and O–H groups in total. The second kappa shape index (κ2) is 12.3. The molecule has 2 heteroatoms. The highest BCUT2D eigenvalue weighted by molar-refractivity contribution is 5.96. The number of anilines is 3. The van der Waals surface area contributed by atoms with Crippen LogP contribution in [0.15, 0.2) is 194 Å². The van der Waals surface area contributed by atoms with Crippen LogP contribution in [0.1, 0.15) is 0 Å². The van der Waals surface area contributed by atoms with Gasteiger partial charge < -0.3 is 4.90 Å². The molecular formula is C47H32N2. The first-order valence-corrected chi connectivity index (χ1v) is 16.7. The van der Waals surface area contributed by atoms with Crippen molar-refractivity contribution in [3.63, 3.8) is 0 Å². The summed E-state index contributed by atoms with van der Waals surface area (Å²) in [6.07, 6.45) is 0. The van der Waals surface area contributed by atoms with Gasteiger partial charge in [0.1, 0.15) is 0 Å². The molecule has 49 heavy (non-hydrogen) atoms. The maximum Gasteiger partial charge on any atom is 0.0788 e. The molecule has 2 nitrogen and oxygen atoms in total. The molecule has 0 spiro atoms. The minimum atomic E-state index is 0.977. The first kappa shape index (κ1) is 28.7. The molecule has 0 amide bonds. The first-order valence-electron chi connectivity index (χ1n) is 16.7. The van der Waals surface area contributed by atoms with E-state index < -0.39 is 0 Å². The zero-order chi connectivity index (χ0) is 32.6. The third-order valence-electron chi connectivity index (χ3n) is 9.41. The fraction of sp³-hybridized carbons (Fsp3) is 0. The van der Waals surface area contributed by atoms with Crippen molar-refractivity contribution < 1.29 is 0 Å². The lowest BCUT2D eigenvalue weighted by atomic mass is 9.95. The zero-order valence-corrected chi connectivity index (χ0v) is 26.9. The second-order valence-electron chi connectivity index (χ2n) is 12.5. The van der Waals surface area contributed by atoms with Gasteiger partial charge in [0.15, 0.2) is 0 Å². The van der Waals surface area contributed by atoms with E-state index in [-0.39, 0.29) is 0 Å². The molecule has 0 aliphatic rings. The zero-order valence-electron chi connectivity index (χ0n) is 26.9. The Morgan fingerprint density at radius 2 is 0.796 bits per heavy atom. The topological polar surface area (TPSA) is 16.1 Å². The van der Waals surface area contributed by atoms with Crippen LogP contribution in [0.4, 0.5) is 17.1 Å². The van der Waals surface area contributed by atoms with Crippen molar-refractivity contribution in [1.82, 2.24) is 4.98 Å². The lowest BCUT2D eigenvalue weighted by molar-refractivity contribution is 1.29. The fourth-order valence-electron chi connectivity index (χ4n) is 6.88. The average Bonchev–Trinajstić information content (AvgIpc) is 3.18. The van der Waals surface area contributed by atoms with E-state index in [0.717, 1.165) is 50.3 Å². The highest BCUT2D eigenvalue weighted by Gasteiger charge is 2.16. The average molecular weight is 625 g/mol. The summed E-state index contributed by atoms with van der Waals surface area (Å²) < 4.78 is 0. The smallest absolute Gasteiger partial charge is 0.0788 e. The van der Waals surface area contributed by atoms with E-state index in [1.54, 1.807) is 0 Å². The van der Waals surface area contributed by atoms with Gasteiger partial charge in [0.05, 0.1) is 11.2 Å². The Hall–Kier alpha value is -6.51. The van der Waals surface area contributed by atoms with Gasteiger partial charge in [-0.2, -0.15) is 0 Å². The summed E-state index contributed by atoms with van der Waals surface area (Å²) in [7, 11) is 0. The summed E-state index contributed by atoms with van der Waals surface area (Å²) in [5.41, 5.74) is 11.0. The van der Waals surface area contributed by atoms with Crippen LogP contribution in [0.3, 0.4) is 0 Å². The van der Waals surface area contributed by atoms with Gasteiger partial charge in [-0.05, 0) is 92.8 Å². The molecule has 0 radical (unpaired) electrons. The van der Waals surface area contributed by atoms with Crippen molar-refractivity contribution in [3.05, 3.63) is 194 Å². The highest BCUT2D eigenvalue weighted by atomic mass is 15.1. The molecule has 8 aromatic carbocycles. The molecule has 1 aromatic heterocycles. The van der Waals surface area contributed by atoms with Crippen LogP contribution < -0.4 is 4.90 Å². The van der Waals surface area contributed by atoms with E-state index in [2.05, 4.69) is 199 Å². The minimum absolute atomic E-state index is 0.977. The van der Waals surface area contributed by atoms with E-state index in [9.17, 15) is 0 Å².